The second-order valence-corrected chi connectivity index (χ2v) is 6.54. The molecule has 2 aromatic rings. The van der Waals surface area contributed by atoms with E-state index in [2.05, 4.69) is 10.6 Å². The molecule has 7 heteroatoms. The number of anilines is 1. The predicted octanol–water partition coefficient (Wildman–Crippen LogP) is 3.90. The molecular formula is C21H25ClN2O4. The highest BCUT2D eigenvalue weighted by molar-refractivity contribution is 6.30. The zero-order valence-electron chi connectivity index (χ0n) is 16.0. The Morgan fingerprint density at radius 2 is 1.82 bits per heavy atom. The fraction of sp³-hybridized carbons (Fsp3) is 0.333. The van der Waals surface area contributed by atoms with Gasteiger partial charge in [-0.3, -0.25) is 9.59 Å². The normalized spacial score (nSPS) is 11.5. The summed E-state index contributed by atoms with van der Waals surface area (Å²) in [5, 5.41) is 6.21. The maximum atomic E-state index is 12.7. The number of para-hydroxylation sites is 1. The highest BCUT2D eigenvalue weighted by atomic mass is 35.5. The monoisotopic (exact) mass is 404 g/mol. The lowest BCUT2D eigenvalue weighted by Crippen LogP contribution is -2.33. The van der Waals surface area contributed by atoms with E-state index in [0.29, 0.717) is 48.0 Å². The molecule has 0 bridgehead atoms. The Morgan fingerprint density at radius 3 is 2.50 bits per heavy atom. The van der Waals surface area contributed by atoms with Crippen molar-refractivity contribution in [2.45, 2.75) is 25.9 Å². The van der Waals surface area contributed by atoms with Crippen LogP contribution in [0.5, 0.6) is 5.75 Å². The molecule has 28 heavy (non-hydrogen) atoms. The van der Waals surface area contributed by atoms with Gasteiger partial charge in [0.05, 0.1) is 11.3 Å². The third kappa shape index (κ3) is 6.55. The molecule has 0 aliphatic heterocycles. The Kier molecular flexibility index (Phi) is 8.78. The molecule has 2 rings (SSSR count). The summed E-state index contributed by atoms with van der Waals surface area (Å²) in [4.78, 5) is 25.1. The van der Waals surface area contributed by atoms with Gasteiger partial charge in [-0.1, -0.05) is 30.7 Å². The number of rotatable bonds is 10. The van der Waals surface area contributed by atoms with Crippen LogP contribution in [0.4, 0.5) is 5.69 Å². The average Bonchev–Trinajstić information content (AvgIpc) is 2.71. The largest absolute Gasteiger partial charge is 0.481 e. The smallest absolute Gasteiger partial charge is 0.265 e. The summed E-state index contributed by atoms with van der Waals surface area (Å²) in [5.74, 6) is -0.0219. The van der Waals surface area contributed by atoms with Crippen molar-refractivity contribution in [2.24, 2.45) is 0 Å². The van der Waals surface area contributed by atoms with Gasteiger partial charge in [-0.2, -0.15) is 0 Å². The molecule has 0 saturated heterocycles. The molecule has 0 aromatic heterocycles. The van der Waals surface area contributed by atoms with Crippen LogP contribution in [0.1, 0.15) is 30.1 Å². The molecule has 0 unspecified atom stereocenters. The number of benzene rings is 2. The fourth-order valence-corrected chi connectivity index (χ4v) is 2.64. The van der Waals surface area contributed by atoms with Crippen molar-refractivity contribution in [3.8, 4) is 5.75 Å². The molecule has 6 nitrogen and oxygen atoms in total. The van der Waals surface area contributed by atoms with E-state index in [1.807, 2.05) is 6.92 Å². The van der Waals surface area contributed by atoms with Gasteiger partial charge < -0.3 is 20.1 Å². The van der Waals surface area contributed by atoms with Gasteiger partial charge in [-0.15, -0.1) is 0 Å². The van der Waals surface area contributed by atoms with Gasteiger partial charge in [0.25, 0.3) is 11.8 Å². The Hall–Kier alpha value is -2.57. The minimum absolute atomic E-state index is 0.251. The number of nitrogens with one attached hydrogen (secondary N) is 2. The summed E-state index contributed by atoms with van der Waals surface area (Å²) in [6.07, 6.45) is 0.489. The molecule has 0 saturated carbocycles. The summed E-state index contributed by atoms with van der Waals surface area (Å²) >= 11 is 5.87. The second-order valence-electron chi connectivity index (χ2n) is 6.11. The van der Waals surface area contributed by atoms with Crippen molar-refractivity contribution in [2.75, 3.05) is 25.6 Å². The van der Waals surface area contributed by atoms with Crippen molar-refractivity contribution in [3.63, 3.8) is 0 Å². The van der Waals surface area contributed by atoms with Crippen molar-refractivity contribution in [3.05, 3.63) is 59.1 Å². The van der Waals surface area contributed by atoms with E-state index in [4.69, 9.17) is 21.1 Å². The number of carbonyl (C=O) groups excluding carboxylic acids is 2. The topological polar surface area (TPSA) is 76.7 Å². The first kappa shape index (κ1) is 21.7. The fourth-order valence-electron chi connectivity index (χ4n) is 2.52. The van der Waals surface area contributed by atoms with Gasteiger partial charge >= 0.3 is 0 Å². The Labute approximate surface area is 170 Å². The summed E-state index contributed by atoms with van der Waals surface area (Å²) in [6.45, 7) is 2.92. The van der Waals surface area contributed by atoms with Crippen LogP contribution >= 0.6 is 11.6 Å². The van der Waals surface area contributed by atoms with Gasteiger partial charge in [0.1, 0.15) is 5.75 Å². The second kappa shape index (κ2) is 11.3. The van der Waals surface area contributed by atoms with E-state index < -0.39 is 6.10 Å². The van der Waals surface area contributed by atoms with E-state index in [9.17, 15) is 9.59 Å². The number of carbonyl (C=O) groups is 2. The predicted molar refractivity (Wildman–Crippen MR) is 110 cm³/mol. The SMILES string of the molecule is CC[C@H](Oc1ccc(Cl)cc1)C(=O)Nc1ccccc1C(=O)NCCCOC. The number of methoxy groups -OCH3 is 1. The molecule has 0 fully saturated rings. The van der Waals surface area contributed by atoms with E-state index in [1.165, 1.54) is 0 Å². The highest BCUT2D eigenvalue weighted by Crippen LogP contribution is 2.20. The molecule has 2 N–H and O–H groups in total. The van der Waals surface area contributed by atoms with Gasteiger partial charge in [-0.25, -0.2) is 0 Å². The summed E-state index contributed by atoms with van der Waals surface area (Å²) in [5.41, 5.74) is 0.838. The third-order valence-electron chi connectivity index (χ3n) is 4.00. The van der Waals surface area contributed by atoms with Gasteiger partial charge in [0.15, 0.2) is 6.10 Å². The van der Waals surface area contributed by atoms with Crippen molar-refractivity contribution in [1.29, 1.82) is 0 Å². The van der Waals surface area contributed by atoms with E-state index in [-0.39, 0.29) is 11.8 Å². The lowest BCUT2D eigenvalue weighted by molar-refractivity contribution is -0.122. The zero-order chi connectivity index (χ0) is 20.4. The van der Waals surface area contributed by atoms with Crippen LogP contribution in [-0.2, 0) is 9.53 Å². The number of halogens is 1. The molecule has 0 heterocycles. The number of hydrogen-bond acceptors (Lipinski definition) is 4. The molecule has 150 valence electrons. The first-order valence-corrected chi connectivity index (χ1v) is 9.52. The maximum Gasteiger partial charge on any atom is 0.265 e. The van der Waals surface area contributed by atoms with Crippen LogP contribution in [0.15, 0.2) is 48.5 Å². The van der Waals surface area contributed by atoms with E-state index in [0.717, 1.165) is 0 Å². The first-order valence-electron chi connectivity index (χ1n) is 9.14. The minimum atomic E-state index is -0.695. The lowest BCUT2D eigenvalue weighted by atomic mass is 10.1. The van der Waals surface area contributed by atoms with E-state index >= 15 is 0 Å². The number of hydrogen-bond donors (Lipinski definition) is 2. The Morgan fingerprint density at radius 1 is 1.11 bits per heavy atom. The molecule has 0 aliphatic carbocycles. The van der Waals surface area contributed by atoms with Crippen LogP contribution in [0, 0.1) is 0 Å². The summed E-state index contributed by atoms with van der Waals surface area (Å²) < 4.78 is 10.7. The summed E-state index contributed by atoms with van der Waals surface area (Å²) in [6, 6.07) is 13.7. The van der Waals surface area contributed by atoms with Gasteiger partial charge in [0, 0.05) is 25.3 Å². The van der Waals surface area contributed by atoms with Crippen molar-refractivity contribution < 1.29 is 19.1 Å². The Bertz CT molecular complexity index is 780. The van der Waals surface area contributed by atoms with Crippen LogP contribution < -0.4 is 15.4 Å². The number of ether oxygens (including phenoxy) is 2. The molecule has 0 aliphatic rings. The molecule has 2 aromatic carbocycles. The maximum absolute atomic E-state index is 12.7. The summed E-state index contributed by atoms with van der Waals surface area (Å²) in [7, 11) is 1.61. The van der Waals surface area contributed by atoms with Crippen LogP contribution in [0.2, 0.25) is 5.02 Å². The molecular weight excluding hydrogens is 380 g/mol. The van der Waals surface area contributed by atoms with Crippen molar-refractivity contribution >= 4 is 29.1 Å². The van der Waals surface area contributed by atoms with Gasteiger partial charge in [-0.05, 0) is 49.2 Å². The lowest BCUT2D eigenvalue weighted by Gasteiger charge is -2.18. The van der Waals surface area contributed by atoms with E-state index in [1.54, 1.807) is 55.6 Å². The first-order chi connectivity index (χ1) is 13.5. The number of amides is 2. The standard InChI is InChI=1S/C21H25ClN2O4/c1-3-19(28-16-11-9-15(22)10-12-16)21(26)24-18-8-5-4-7-17(18)20(25)23-13-6-14-27-2/h4-5,7-12,19H,3,6,13-14H2,1-2H3,(H,23,25)(H,24,26)/t19-/m0/s1. The quantitative estimate of drug-likeness (QED) is 0.589. The van der Waals surface area contributed by atoms with Crippen LogP contribution in [0.25, 0.3) is 0 Å². The average molecular weight is 405 g/mol. The molecule has 0 spiro atoms. The highest BCUT2D eigenvalue weighted by Gasteiger charge is 2.21. The van der Waals surface area contributed by atoms with Crippen LogP contribution in [0.3, 0.4) is 0 Å². The van der Waals surface area contributed by atoms with Gasteiger partial charge in [0.2, 0.25) is 0 Å². The molecule has 1 atom stereocenters. The zero-order valence-corrected chi connectivity index (χ0v) is 16.8. The molecule has 0 radical (unpaired) electrons. The molecule has 2 amide bonds. The van der Waals surface area contributed by atoms with Crippen molar-refractivity contribution in [1.82, 2.24) is 5.32 Å². The van der Waals surface area contributed by atoms with Crippen LogP contribution in [-0.4, -0.2) is 38.2 Å². The minimum Gasteiger partial charge on any atom is -0.481 e. The Balaban J connectivity index is 2.03. The third-order valence-corrected chi connectivity index (χ3v) is 4.25.